The first kappa shape index (κ1) is 110. The van der Waals surface area contributed by atoms with Crippen LogP contribution in [0, 0.1) is 6.92 Å². The summed E-state index contributed by atoms with van der Waals surface area (Å²) in [4.78, 5) is 77.6. The molecule has 33 heteroatoms. The Morgan fingerprint density at radius 2 is 0.679 bits per heavy atom. The molecule has 0 aromatic carbocycles. The van der Waals surface area contributed by atoms with Crippen LogP contribution in [0.2, 0.25) is 0 Å². The van der Waals surface area contributed by atoms with Gasteiger partial charge in [-0.1, -0.05) is 84.2 Å². The van der Waals surface area contributed by atoms with Crippen LogP contribution in [-0.4, -0.2) is 306 Å². The van der Waals surface area contributed by atoms with Gasteiger partial charge in [0.15, 0.2) is 11.7 Å². The van der Waals surface area contributed by atoms with Crippen molar-refractivity contribution >= 4 is 0 Å². The third-order valence-corrected chi connectivity index (χ3v) is 28.2. The lowest BCUT2D eigenvalue weighted by molar-refractivity contribution is 0.0166. The van der Waals surface area contributed by atoms with Gasteiger partial charge in [-0.2, -0.15) is 9.97 Å². The maximum absolute atomic E-state index is 13.0. The summed E-state index contributed by atoms with van der Waals surface area (Å²) >= 11 is 0. The van der Waals surface area contributed by atoms with Crippen LogP contribution in [0.4, 0.5) is 17.6 Å². The summed E-state index contributed by atoms with van der Waals surface area (Å²) in [5, 5.41) is 11.4. The lowest BCUT2D eigenvalue weighted by atomic mass is 9.94. The minimum atomic E-state index is -2.86. The Kier molecular flexibility index (Phi) is 45.8. The van der Waals surface area contributed by atoms with E-state index in [0.717, 1.165) is 187 Å². The summed E-state index contributed by atoms with van der Waals surface area (Å²) in [6, 6.07) is 2.14. The van der Waals surface area contributed by atoms with Crippen LogP contribution in [-0.2, 0) is 25.2 Å². The van der Waals surface area contributed by atoms with Gasteiger partial charge in [-0.15, -0.1) is 0 Å². The van der Waals surface area contributed by atoms with Gasteiger partial charge in [0.25, 0.3) is 5.92 Å². The molecule has 9 aromatic rings. The summed E-state index contributed by atoms with van der Waals surface area (Å²) in [6.45, 7) is 42.3. The maximum atomic E-state index is 13.0. The molecule has 9 saturated heterocycles. The molecule has 9 fully saturated rings. The fourth-order valence-corrected chi connectivity index (χ4v) is 18.0. The van der Waals surface area contributed by atoms with Crippen LogP contribution in [0.3, 0.4) is 0 Å². The zero-order chi connectivity index (χ0) is 98.5. The minimum Gasteiger partial charge on any atom is -0.448 e. The normalized spacial score (nSPS) is 19.6. The standard InChI is InChI=1S/C13H21N3.C12H17F2N3.2C12H19N3.2C12H20N2O.C11H19N3O.C11H17N3.C9H13F2N3O/c1-3-4-11-9-14-13(15-10-11)12-5-7-16(2)8-6-12;1-12(13,14)10-7-15-11(16-8-10)9-3-5-17(2)6-4-9;1-3-11-8-14-12(9-13-11)10-4-6-15(2)7-5-10;1-3-10-8-13-12(14-9-10)11-4-6-15(2)7-5-11;1-9(2)11-8-15-12(13-11)10-4-6-14(3)7-5-10;1-9(2)11-8-12(15-13-11)10-4-6-14(3)7-5-10;1-8(2)10-12-11(15-13-10)9-4-6-14(3)7-5-9;1-9-7-12-11(13-8-9)10-3-5-14(2)6-4-10;1-14-4-2-6(3-5-14)9-12-8(7(10)11)13-15-9/h9-10,12H,3-8H2,1-2H3;7-9H,3-6H2,1-2H3;8-10H,3-7H2,1-2H3;8-9,11H,3-7H2,1-2H3;2*8-10H,4-7H2,1-3H3;8-9H,4-7H2,1-3H3;7-8,10H,3-6H2,1-2H3;6-7H,2-5H2,1H3. The molecule has 9 aliphatic heterocycles. The van der Waals surface area contributed by atoms with Crippen molar-refractivity contribution in [1.29, 1.82) is 0 Å². The molecule has 0 atom stereocenters. The molecule has 0 spiro atoms. The summed E-state index contributed by atoms with van der Waals surface area (Å²) in [5.41, 5.74) is 7.96. The van der Waals surface area contributed by atoms with E-state index in [1.165, 1.54) is 172 Å². The number of hydrogen-bond donors (Lipinski definition) is 0. The lowest BCUT2D eigenvalue weighted by Gasteiger charge is -2.28. The monoisotopic (exact) mass is 1900 g/mol. The number of aromatic nitrogens is 16. The highest BCUT2D eigenvalue weighted by Gasteiger charge is 2.32. The second kappa shape index (κ2) is 56.8. The zero-order valence-corrected chi connectivity index (χ0v) is 86.5. The molecule has 9 aromatic heterocycles. The second-order valence-corrected chi connectivity index (χ2v) is 40.8. The SMILES string of the molecule is CC(C)c1cc(C2CCN(C)CC2)on1.CC(C)c1coc(C2CCN(C)CC2)n1.CC(C)c1noc(C2CCN(C)CC2)n1.CCCc1cnc(C2CCN(C)CC2)nc1.CCc1cnc(C2CCN(C)CC2)cn1.CCc1cnc(C2CCN(C)CC2)nc1.CN1CCC(c2nc(C(F)F)no2)CC1.CN1CCC(c2ncc(C(C)(F)F)cn2)CC1.Cc1cnc(C2CCN(C)CC2)nc1. The molecule has 0 N–H and O–H groups in total. The summed E-state index contributed by atoms with van der Waals surface area (Å²) in [5.74, 6) is 10.2. The first-order valence-electron chi connectivity index (χ1n) is 51.2. The van der Waals surface area contributed by atoms with E-state index in [1.807, 2.05) is 69.8 Å². The number of nitrogens with zero attached hydrogens (tertiary/aromatic N) is 25. The predicted octanol–water partition coefficient (Wildman–Crippen LogP) is 19.0. The smallest absolute Gasteiger partial charge is 0.300 e. The third-order valence-electron chi connectivity index (χ3n) is 28.2. The topological polar surface area (TPSA) is 288 Å². The van der Waals surface area contributed by atoms with E-state index in [4.69, 9.17) is 18.0 Å². The van der Waals surface area contributed by atoms with Crippen LogP contribution in [0.5, 0.6) is 0 Å². The number of halogens is 4. The first-order chi connectivity index (χ1) is 65.8. The van der Waals surface area contributed by atoms with Crippen molar-refractivity contribution < 1.29 is 35.5 Å². The molecule has 18 heterocycles. The average molecular weight is 1910 g/mol. The molecule has 0 unspecified atom stereocenters. The van der Waals surface area contributed by atoms with Gasteiger partial charge in [0.05, 0.1) is 28.3 Å². The fraction of sp³-hybridized carbons (Fsp3) is 0.712. The van der Waals surface area contributed by atoms with E-state index < -0.39 is 18.2 Å². The van der Waals surface area contributed by atoms with Crippen molar-refractivity contribution in [2.24, 2.45) is 0 Å². The summed E-state index contributed by atoms with van der Waals surface area (Å²) < 4.78 is 71.6. The van der Waals surface area contributed by atoms with Crippen molar-refractivity contribution in [1.82, 2.24) is 124 Å². The average Bonchev–Trinajstić information content (AvgIpc) is 1.56. The number of rotatable bonds is 18. The zero-order valence-electron chi connectivity index (χ0n) is 86.5. The van der Waals surface area contributed by atoms with Crippen LogP contribution in [0.25, 0.3) is 0 Å². The van der Waals surface area contributed by atoms with Crippen molar-refractivity contribution in [3.05, 3.63) is 178 Å². The molecule has 0 amide bonds. The van der Waals surface area contributed by atoms with Crippen LogP contribution >= 0.6 is 0 Å². The third kappa shape index (κ3) is 37.1. The minimum absolute atomic E-state index is 0.117. The van der Waals surface area contributed by atoms with E-state index in [2.05, 4.69) is 249 Å². The Balaban J connectivity index is 0.000000159. The van der Waals surface area contributed by atoms with Gasteiger partial charge in [0.1, 0.15) is 35.3 Å². The van der Waals surface area contributed by atoms with Gasteiger partial charge in [0, 0.05) is 134 Å². The predicted molar refractivity (Wildman–Crippen MR) is 531 cm³/mol. The Morgan fingerprint density at radius 3 is 0.985 bits per heavy atom. The quantitative estimate of drug-likeness (QED) is 0.0721. The van der Waals surface area contributed by atoms with E-state index in [1.54, 1.807) is 0 Å². The Hall–Kier alpha value is -8.54. The molecule has 29 nitrogen and oxygen atoms in total. The Morgan fingerprint density at radius 1 is 0.343 bits per heavy atom. The van der Waals surface area contributed by atoms with Gasteiger partial charge < -0.3 is 62.1 Å². The van der Waals surface area contributed by atoms with Crippen molar-refractivity contribution in [3.8, 4) is 0 Å². The number of piperidine rings is 9. The van der Waals surface area contributed by atoms with Gasteiger partial charge >= 0.3 is 6.43 Å². The summed E-state index contributed by atoms with van der Waals surface area (Å²) in [6.07, 6.45) is 42.0. The molecular weight excluding hydrogens is 1740 g/mol. The van der Waals surface area contributed by atoms with Gasteiger partial charge in [0.2, 0.25) is 17.6 Å². The largest absolute Gasteiger partial charge is 0.448 e. The number of alkyl halides is 4. The highest BCUT2D eigenvalue weighted by molar-refractivity contribution is 5.17. The Labute approximate surface area is 815 Å². The highest BCUT2D eigenvalue weighted by atomic mass is 19.3. The highest BCUT2D eigenvalue weighted by Crippen LogP contribution is 2.36. The number of aryl methyl sites for hydroxylation is 4. The van der Waals surface area contributed by atoms with E-state index in [-0.39, 0.29) is 11.5 Å². The van der Waals surface area contributed by atoms with E-state index in [9.17, 15) is 17.6 Å². The van der Waals surface area contributed by atoms with Crippen molar-refractivity contribution in [2.75, 3.05) is 181 Å². The van der Waals surface area contributed by atoms with Gasteiger partial charge in [-0.3, -0.25) is 9.97 Å². The maximum Gasteiger partial charge on any atom is 0.300 e. The van der Waals surface area contributed by atoms with Gasteiger partial charge in [-0.25, -0.2) is 62.4 Å². The molecule has 0 aliphatic carbocycles. The van der Waals surface area contributed by atoms with Crippen molar-refractivity contribution in [2.45, 2.75) is 301 Å². The van der Waals surface area contributed by atoms with Crippen molar-refractivity contribution in [3.63, 3.8) is 0 Å². The van der Waals surface area contributed by atoms with E-state index in [0.29, 0.717) is 76.8 Å². The molecular formula is C104H165F4N25O4. The lowest BCUT2D eigenvalue weighted by Crippen LogP contribution is -2.30. The molecule has 758 valence electrons. The van der Waals surface area contributed by atoms with Crippen LogP contribution in [0.15, 0.2) is 92.3 Å². The van der Waals surface area contributed by atoms with Gasteiger partial charge in [-0.05, 0) is 352 Å². The summed E-state index contributed by atoms with van der Waals surface area (Å²) in [7, 11) is 19.3. The van der Waals surface area contributed by atoms with Crippen LogP contribution in [0.1, 0.15) is 372 Å². The van der Waals surface area contributed by atoms with E-state index >= 15 is 0 Å². The molecule has 18 rings (SSSR count). The molecule has 9 aliphatic rings. The number of hydrogen-bond acceptors (Lipinski definition) is 29. The number of oxazole rings is 1. The first-order valence-corrected chi connectivity index (χ1v) is 51.2. The second-order valence-electron chi connectivity index (χ2n) is 40.8. The molecule has 0 saturated carbocycles. The number of likely N-dealkylation sites (tertiary alicyclic amines) is 9. The van der Waals surface area contributed by atoms with Crippen LogP contribution < -0.4 is 0 Å². The Bertz CT molecular complexity index is 4390. The molecule has 0 bridgehead atoms. The fourth-order valence-electron chi connectivity index (χ4n) is 18.0. The molecule has 137 heavy (non-hydrogen) atoms. The molecule has 0 radical (unpaired) electrons.